The molecule has 0 bridgehead atoms. The van der Waals surface area contributed by atoms with Crippen LogP contribution < -0.4 is 0 Å². The monoisotopic (exact) mass is 198 g/mol. The predicted molar refractivity (Wildman–Crippen MR) is 52.4 cm³/mol. The first-order valence-electron chi connectivity index (χ1n) is 3.82. The van der Waals surface area contributed by atoms with E-state index in [1.165, 1.54) is 12.8 Å². The second-order valence-corrected chi connectivity index (χ2v) is 8.58. The van der Waals surface area contributed by atoms with Crippen LogP contribution in [0, 0.1) is 5.92 Å². The summed E-state index contributed by atoms with van der Waals surface area (Å²) in [6, 6.07) is 0. The molecule has 0 aliphatic rings. The van der Waals surface area contributed by atoms with E-state index in [9.17, 15) is 0 Å². The second kappa shape index (κ2) is 5.45. The van der Waals surface area contributed by atoms with Crippen molar-refractivity contribution >= 4 is 29.6 Å². The molecule has 0 aromatic rings. The van der Waals surface area contributed by atoms with Gasteiger partial charge >= 0.3 is 0 Å². The third-order valence-electron chi connectivity index (χ3n) is 1.63. The molecule has 0 heterocycles. The Bertz CT molecular complexity index is 83.7. The molecule has 0 aromatic heterocycles. The van der Waals surface area contributed by atoms with Gasteiger partial charge in [0, 0.05) is 0 Å². The lowest BCUT2D eigenvalue weighted by Gasteiger charge is -2.11. The van der Waals surface area contributed by atoms with Crippen LogP contribution in [0.1, 0.15) is 33.6 Å². The summed E-state index contributed by atoms with van der Waals surface area (Å²) in [4.78, 5) is 0. The van der Waals surface area contributed by atoms with E-state index in [2.05, 4.69) is 20.8 Å². The van der Waals surface area contributed by atoms with Crippen LogP contribution in [0.3, 0.4) is 0 Å². The fraction of sp³-hybridized carbons (Fsp3) is 1.00. The lowest BCUT2D eigenvalue weighted by molar-refractivity contribution is 0.548. The van der Waals surface area contributed by atoms with Crippen molar-refractivity contribution in [3.05, 3.63) is 0 Å². The molecular formula is C7H16Cl2Si. The Morgan fingerprint density at radius 3 is 1.90 bits per heavy atom. The van der Waals surface area contributed by atoms with E-state index in [0.717, 1.165) is 5.92 Å². The molecule has 10 heavy (non-hydrogen) atoms. The van der Waals surface area contributed by atoms with E-state index < -0.39 is 7.42 Å². The molecule has 0 aliphatic carbocycles. The number of hydrogen-bond acceptors (Lipinski definition) is 0. The average molecular weight is 199 g/mol. The highest BCUT2D eigenvalue weighted by Crippen LogP contribution is 2.23. The van der Waals surface area contributed by atoms with E-state index in [1.807, 2.05) is 0 Å². The van der Waals surface area contributed by atoms with Gasteiger partial charge in [-0.1, -0.05) is 33.6 Å². The zero-order valence-electron chi connectivity index (χ0n) is 6.90. The van der Waals surface area contributed by atoms with Crippen LogP contribution in [0.2, 0.25) is 5.54 Å². The maximum absolute atomic E-state index is 5.82. The molecule has 3 heteroatoms. The van der Waals surface area contributed by atoms with Gasteiger partial charge < -0.3 is 0 Å². The zero-order valence-corrected chi connectivity index (χ0v) is 9.57. The van der Waals surface area contributed by atoms with Crippen molar-refractivity contribution in [2.45, 2.75) is 39.2 Å². The minimum Gasteiger partial charge on any atom is -0.150 e. The van der Waals surface area contributed by atoms with Crippen molar-refractivity contribution in [1.82, 2.24) is 0 Å². The van der Waals surface area contributed by atoms with Gasteiger partial charge in [0.25, 0.3) is 0 Å². The molecule has 0 aliphatic heterocycles. The maximum atomic E-state index is 5.82. The molecule has 0 spiro atoms. The normalized spacial score (nSPS) is 14.7. The van der Waals surface area contributed by atoms with Crippen molar-refractivity contribution in [3.63, 3.8) is 0 Å². The summed E-state index contributed by atoms with van der Waals surface area (Å²) < 4.78 is 0. The van der Waals surface area contributed by atoms with Crippen LogP contribution in [0.4, 0.5) is 0 Å². The number of halogens is 2. The summed E-state index contributed by atoms with van der Waals surface area (Å²) in [6.45, 7) is 6.61. The maximum Gasteiger partial charge on any atom is 0.239 e. The smallest absolute Gasteiger partial charge is 0.150 e. The third kappa shape index (κ3) is 5.57. The van der Waals surface area contributed by atoms with Gasteiger partial charge in [-0.2, -0.15) is 22.2 Å². The lowest BCUT2D eigenvalue weighted by Crippen LogP contribution is -2.04. The van der Waals surface area contributed by atoms with Crippen molar-refractivity contribution in [2.75, 3.05) is 0 Å². The third-order valence-corrected chi connectivity index (χ3v) is 5.40. The van der Waals surface area contributed by atoms with E-state index in [-0.39, 0.29) is 0 Å². The Morgan fingerprint density at radius 1 is 1.10 bits per heavy atom. The average Bonchev–Trinajstić information content (AvgIpc) is 1.82. The molecule has 0 N–H and O–H groups in total. The molecule has 0 nitrogen and oxygen atoms in total. The Morgan fingerprint density at radius 2 is 1.60 bits per heavy atom. The largest absolute Gasteiger partial charge is 0.239 e. The Balaban J connectivity index is 3.30. The van der Waals surface area contributed by atoms with E-state index in [0.29, 0.717) is 5.54 Å². The van der Waals surface area contributed by atoms with Gasteiger partial charge in [-0.25, -0.2) is 0 Å². The Kier molecular flexibility index (Phi) is 5.88. The molecular weight excluding hydrogens is 183 g/mol. The summed E-state index contributed by atoms with van der Waals surface area (Å²) in [5.41, 5.74) is 0.575. The summed E-state index contributed by atoms with van der Waals surface area (Å²) in [5, 5.41) is 0. The van der Waals surface area contributed by atoms with Crippen LogP contribution in [0.5, 0.6) is 0 Å². The highest BCUT2D eigenvalue weighted by molar-refractivity contribution is 7.34. The molecule has 62 valence electrons. The van der Waals surface area contributed by atoms with Crippen molar-refractivity contribution in [1.29, 1.82) is 0 Å². The summed E-state index contributed by atoms with van der Waals surface area (Å²) >= 11 is 11.6. The van der Waals surface area contributed by atoms with Gasteiger partial charge in [0.05, 0.1) is 0 Å². The molecule has 0 saturated heterocycles. The van der Waals surface area contributed by atoms with Crippen LogP contribution >= 0.6 is 22.2 Å². The first kappa shape index (κ1) is 10.8. The van der Waals surface area contributed by atoms with E-state index >= 15 is 0 Å². The van der Waals surface area contributed by atoms with Gasteiger partial charge in [0.1, 0.15) is 0 Å². The molecule has 0 fully saturated rings. The van der Waals surface area contributed by atoms with Crippen LogP contribution in [-0.2, 0) is 0 Å². The summed E-state index contributed by atoms with van der Waals surface area (Å²) in [7, 11) is -1.38. The van der Waals surface area contributed by atoms with E-state index in [4.69, 9.17) is 22.2 Å². The van der Waals surface area contributed by atoms with Gasteiger partial charge in [-0.3, -0.25) is 0 Å². The van der Waals surface area contributed by atoms with Crippen LogP contribution in [0.15, 0.2) is 0 Å². The van der Waals surface area contributed by atoms with E-state index in [1.54, 1.807) is 0 Å². The molecule has 0 rings (SSSR count). The topological polar surface area (TPSA) is 0 Å². The molecule has 1 atom stereocenters. The fourth-order valence-electron chi connectivity index (χ4n) is 0.722. The summed E-state index contributed by atoms with van der Waals surface area (Å²) in [5.74, 6) is 0.781. The van der Waals surface area contributed by atoms with Crippen LogP contribution in [0.25, 0.3) is 0 Å². The first-order valence-corrected chi connectivity index (χ1v) is 7.98. The van der Waals surface area contributed by atoms with Crippen LogP contribution in [-0.4, -0.2) is 7.42 Å². The van der Waals surface area contributed by atoms with Crippen molar-refractivity contribution in [3.8, 4) is 0 Å². The minimum absolute atomic E-state index is 0.575. The first-order chi connectivity index (χ1) is 4.54. The molecule has 0 amide bonds. The molecule has 0 radical (unpaired) electrons. The van der Waals surface area contributed by atoms with Gasteiger partial charge in [-0.05, 0) is 11.5 Å². The zero-order chi connectivity index (χ0) is 8.15. The highest BCUT2D eigenvalue weighted by atomic mass is 35.7. The minimum atomic E-state index is -1.38. The molecule has 1 unspecified atom stereocenters. The standard InChI is InChI=1S/C7H16Cl2Si/c1-6(2)4-5-7(3)10(8)9/h6-7,10H,4-5H2,1-3H3. The number of rotatable bonds is 4. The Labute approximate surface area is 74.9 Å². The highest BCUT2D eigenvalue weighted by Gasteiger charge is 2.13. The lowest BCUT2D eigenvalue weighted by atomic mass is 10.1. The molecule has 0 aromatic carbocycles. The van der Waals surface area contributed by atoms with Crippen molar-refractivity contribution in [2.24, 2.45) is 5.92 Å². The predicted octanol–water partition coefficient (Wildman–Crippen LogP) is 3.51. The second-order valence-electron chi connectivity index (χ2n) is 3.28. The molecule has 0 saturated carbocycles. The van der Waals surface area contributed by atoms with Gasteiger partial charge in [0.2, 0.25) is 7.42 Å². The quantitative estimate of drug-likeness (QED) is 0.480. The fourth-order valence-corrected chi connectivity index (χ4v) is 1.92. The van der Waals surface area contributed by atoms with Crippen molar-refractivity contribution < 1.29 is 0 Å². The SMILES string of the molecule is CC(C)CCC(C)[SiH](Cl)Cl. The van der Waals surface area contributed by atoms with Gasteiger partial charge in [-0.15, -0.1) is 0 Å². The van der Waals surface area contributed by atoms with Gasteiger partial charge in [0.15, 0.2) is 0 Å². The Hall–Kier alpha value is 0.797. The number of hydrogen-bond donors (Lipinski definition) is 0. The summed E-state index contributed by atoms with van der Waals surface area (Å²) in [6.07, 6.45) is 2.45.